The fraction of sp³-hybridized carbons (Fsp3) is 0.733. The largest absolute Gasteiger partial charge is 0.350 e. The van der Waals surface area contributed by atoms with Gasteiger partial charge in [-0.15, -0.1) is 12.4 Å². The van der Waals surface area contributed by atoms with Crippen molar-refractivity contribution in [3.63, 3.8) is 0 Å². The summed E-state index contributed by atoms with van der Waals surface area (Å²) in [6.45, 7) is 8.07. The molecule has 3 N–H and O–H groups in total. The Bertz CT molecular complexity index is 498. The first-order valence-electron chi connectivity index (χ1n) is 8.01. The van der Waals surface area contributed by atoms with Crippen molar-refractivity contribution in [2.75, 3.05) is 32.7 Å². The molecule has 2 aliphatic heterocycles. The minimum Gasteiger partial charge on any atom is -0.350 e. The van der Waals surface area contributed by atoms with Crippen LogP contribution in [0.3, 0.4) is 0 Å². The second-order valence-electron chi connectivity index (χ2n) is 6.28. The Morgan fingerprint density at radius 1 is 1.41 bits per heavy atom. The first kappa shape index (κ1) is 17.2. The molecule has 1 saturated heterocycles. The van der Waals surface area contributed by atoms with Gasteiger partial charge in [-0.1, -0.05) is 6.92 Å². The molecule has 0 aromatic carbocycles. The van der Waals surface area contributed by atoms with Crippen molar-refractivity contribution in [3.05, 3.63) is 17.0 Å². The van der Waals surface area contributed by atoms with Gasteiger partial charge in [0.25, 0.3) is 5.91 Å². The van der Waals surface area contributed by atoms with Gasteiger partial charge in [0.05, 0.1) is 0 Å². The lowest BCUT2D eigenvalue weighted by Gasteiger charge is -2.20. The molecule has 0 bridgehead atoms. The van der Waals surface area contributed by atoms with Crippen molar-refractivity contribution in [1.82, 2.24) is 25.7 Å². The summed E-state index contributed by atoms with van der Waals surface area (Å²) in [5, 5.41) is 13.5. The molecule has 1 unspecified atom stereocenters. The Labute approximate surface area is 137 Å². The summed E-state index contributed by atoms with van der Waals surface area (Å²) in [6, 6.07) is 0. The first-order valence-corrected chi connectivity index (χ1v) is 8.01. The van der Waals surface area contributed by atoms with Crippen molar-refractivity contribution >= 4 is 18.3 Å². The molecule has 0 radical (unpaired) electrons. The highest BCUT2D eigenvalue weighted by molar-refractivity contribution is 5.94. The molecular weight excluding hydrogens is 302 g/mol. The maximum Gasteiger partial charge on any atom is 0.272 e. The van der Waals surface area contributed by atoms with Crippen LogP contribution in [0, 0.1) is 5.92 Å². The third-order valence-electron chi connectivity index (χ3n) is 4.40. The topological polar surface area (TPSA) is 73.0 Å². The predicted molar refractivity (Wildman–Crippen MR) is 88.4 cm³/mol. The molecule has 7 heteroatoms. The van der Waals surface area contributed by atoms with Crippen molar-refractivity contribution < 1.29 is 4.79 Å². The Balaban J connectivity index is 0.00000176. The van der Waals surface area contributed by atoms with Crippen LogP contribution in [0.15, 0.2) is 0 Å². The Hall–Kier alpha value is -1.11. The molecule has 0 aliphatic carbocycles. The highest BCUT2D eigenvalue weighted by Gasteiger charge is 2.22. The molecule has 0 spiro atoms. The number of hydrogen-bond acceptors (Lipinski definition) is 4. The Kier molecular flexibility index (Phi) is 6.23. The summed E-state index contributed by atoms with van der Waals surface area (Å²) in [5.74, 6) is 0.421. The van der Waals surface area contributed by atoms with Crippen LogP contribution >= 0.6 is 12.4 Å². The van der Waals surface area contributed by atoms with Crippen molar-refractivity contribution in [3.8, 4) is 0 Å². The van der Waals surface area contributed by atoms with E-state index in [1.807, 2.05) is 0 Å². The number of rotatable bonds is 5. The molecule has 22 heavy (non-hydrogen) atoms. The van der Waals surface area contributed by atoms with Gasteiger partial charge < -0.3 is 15.5 Å². The lowest BCUT2D eigenvalue weighted by Crippen LogP contribution is -2.35. The third kappa shape index (κ3) is 4.00. The quantitative estimate of drug-likeness (QED) is 0.752. The van der Waals surface area contributed by atoms with Crippen molar-refractivity contribution in [1.29, 1.82) is 0 Å². The van der Waals surface area contributed by atoms with Crippen molar-refractivity contribution in [2.45, 2.75) is 32.7 Å². The van der Waals surface area contributed by atoms with Crippen LogP contribution < -0.4 is 10.6 Å². The van der Waals surface area contributed by atoms with E-state index in [4.69, 9.17) is 0 Å². The number of aromatic nitrogens is 2. The summed E-state index contributed by atoms with van der Waals surface area (Å²) in [7, 11) is 0. The summed E-state index contributed by atoms with van der Waals surface area (Å²) >= 11 is 0. The van der Waals surface area contributed by atoms with Crippen LogP contribution in [0.25, 0.3) is 0 Å². The predicted octanol–water partition coefficient (Wildman–Crippen LogP) is 0.939. The van der Waals surface area contributed by atoms with E-state index < -0.39 is 0 Å². The third-order valence-corrected chi connectivity index (χ3v) is 4.40. The van der Waals surface area contributed by atoms with Crippen LogP contribution in [0.4, 0.5) is 0 Å². The van der Waals surface area contributed by atoms with E-state index in [2.05, 4.69) is 32.7 Å². The van der Waals surface area contributed by atoms with E-state index in [1.165, 1.54) is 25.9 Å². The summed E-state index contributed by atoms with van der Waals surface area (Å²) in [6.07, 6.45) is 3.54. The molecular formula is C15H26ClN5O. The SMILES string of the molecule is CC(CNC(=O)c1n[nH]c2c1CNCC2)CN1CCCC1.Cl. The van der Waals surface area contributed by atoms with Gasteiger partial charge in [0.2, 0.25) is 0 Å². The number of halogens is 1. The second kappa shape index (κ2) is 7.94. The number of aromatic amines is 1. The maximum atomic E-state index is 12.3. The fourth-order valence-electron chi connectivity index (χ4n) is 3.23. The van der Waals surface area contributed by atoms with Crippen LogP contribution in [0.5, 0.6) is 0 Å². The lowest BCUT2D eigenvalue weighted by atomic mass is 10.1. The lowest BCUT2D eigenvalue weighted by molar-refractivity contribution is 0.0939. The van der Waals surface area contributed by atoms with Gasteiger partial charge in [0, 0.05) is 43.9 Å². The highest BCUT2D eigenvalue weighted by atomic mass is 35.5. The van der Waals surface area contributed by atoms with Gasteiger partial charge in [0.1, 0.15) is 0 Å². The van der Waals surface area contributed by atoms with Gasteiger partial charge in [0.15, 0.2) is 5.69 Å². The van der Waals surface area contributed by atoms with E-state index in [1.54, 1.807) is 0 Å². The minimum absolute atomic E-state index is 0. The molecule has 1 fully saturated rings. The zero-order chi connectivity index (χ0) is 14.7. The summed E-state index contributed by atoms with van der Waals surface area (Å²) in [4.78, 5) is 14.8. The van der Waals surface area contributed by atoms with Gasteiger partial charge in [-0.3, -0.25) is 9.89 Å². The van der Waals surface area contributed by atoms with Crippen LogP contribution in [-0.2, 0) is 13.0 Å². The molecule has 1 amide bonds. The van der Waals surface area contributed by atoms with Gasteiger partial charge in [-0.25, -0.2) is 0 Å². The molecule has 3 heterocycles. The summed E-state index contributed by atoms with van der Waals surface area (Å²) < 4.78 is 0. The second-order valence-corrected chi connectivity index (χ2v) is 6.28. The van der Waals surface area contributed by atoms with E-state index in [0.29, 0.717) is 18.2 Å². The number of fused-ring (bicyclic) bond motifs is 1. The number of likely N-dealkylation sites (tertiary alicyclic amines) is 1. The zero-order valence-corrected chi connectivity index (χ0v) is 14.0. The molecule has 6 nitrogen and oxygen atoms in total. The number of H-pyrrole nitrogens is 1. The minimum atomic E-state index is -0.0514. The molecule has 0 saturated carbocycles. The first-order chi connectivity index (χ1) is 10.2. The van der Waals surface area contributed by atoms with Gasteiger partial charge >= 0.3 is 0 Å². The number of carbonyl (C=O) groups is 1. The average molecular weight is 328 g/mol. The molecule has 1 atom stereocenters. The van der Waals surface area contributed by atoms with Gasteiger partial charge in [-0.2, -0.15) is 5.10 Å². The number of nitrogens with zero attached hydrogens (tertiary/aromatic N) is 2. The molecule has 2 aliphatic rings. The fourth-order valence-corrected chi connectivity index (χ4v) is 3.23. The van der Waals surface area contributed by atoms with E-state index in [0.717, 1.165) is 37.3 Å². The molecule has 124 valence electrons. The normalized spacial score (nSPS) is 19.3. The molecule has 1 aromatic heterocycles. The Morgan fingerprint density at radius 2 is 2.18 bits per heavy atom. The standard InChI is InChI=1S/C15H25N5O.ClH/c1-11(10-20-6-2-3-7-20)8-17-15(21)14-12-9-16-5-4-13(12)18-19-14;/h11,16H,2-10H2,1H3,(H,17,21)(H,18,19);1H. The zero-order valence-electron chi connectivity index (χ0n) is 13.2. The molecule has 1 aromatic rings. The van der Waals surface area contributed by atoms with E-state index >= 15 is 0 Å². The highest BCUT2D eigenvalue weighted by Crippen LogP contribution is 2.15. The van der Waals surface area contributed by atoms with Crippen LogP contribution in [-0.4, -0.2) is 53.7 Å². The van der Waals surface area contributed by atoms with Crippen LogP contribution in [0.2, 0.25) is 0 Å². The maximum absolute atomic E-state index is 12.3. The van der Waals surface area contributed by atoms with E-state index in [-0.39, 0.29) is 18.3 Å². The van der Waals surface area contributed by atoms with Gasteiger partial charge in [-0.05, 0) is 31.8 Å². The average Bonchev–Trinajstić information content (AvgIpc) is 3.13. The van der Waals surface area contributed by atoms with E-state index in [9.17, 15) is 4.79 Å². The number of carbonyl (C=O) groups excluding carboxylic acids is 1. The monoisotopic (exact) mass is 327 g/mol. The number of nitrogens with one attached hydrogen (secondary N) is 3. The van der Waals surface area contributed by atoms with Crippen molar-refractivity contribution in [2.24, 2.45) is 5.92 Å². The Morgan fingerprint density at radius 3 is 2.95 bits per heavy atom. The van der Waals surface area contributed by atoms with Crippen LogP contribution in [0.1, 0.15) is 41.5 Å². The molecule has 3 rings (SSSR count). The smallest absolute Gasteiger partial charge is 0.272 e. The number of hydrogen-bond donors (Lipinski definition) is 3. The number of amides is 1. The summed E-state index contributed by atoms with van der Waals surface area (Å²) in [5.41, 5.74) is 2.69.